The van der Waals surface area contributed by atoms with Crippen LogP contribution in [0.5, 0.6) is 0 Å². The smallest absolute Gasteiger partial charge is 0.408 e. The quantitative estimate of drug-likeness (QED) is 0.788. The maximum absolute atomic E-state index is 11.8. The zero-order valence-corrected chi connectivity index (χ0v) is 14.5. The van der Waals surface area contributed by atoms with E-state index >= 15 is 0 Å². The minimum atomic E-state index is -0.639. The zero-order chi connectivity index (χ0) is 16.8. The van der Waals surface area contributed by atoms with E-state index in [1.807, 2.05) is 0 Å². The summed E-state index contributed by atoms with van der Waals surface area (Å²) in [4.78, 5) is 26.0. The van der Waals surface area contributed by atoms with Crippen molar-refractivity contribution in [1.29, 1.82) is 0 Å². The van der Waals surface area contributed by atoms with Crippen molar-refractivity contribution >= 4 is 12.1 Å². The first-order chi connectivity index (χ1) is 10.2. The first-order valence-electron chi connectivity index (χ1n) is 7.97. The molecule has 0 aromatic carbocycles. The molecule has 0 aromatic heterocycles. The Balaban J connectivity index is 2.47. The number of methoxy groups -OCH3 is 1. The van der Waals surface area contributed by atoms with Gasteiger partial charge in [-0.1, -0.05) is 0 Å². The summed E-state index contributed by atoms with van der Waals surface area (Å²) in [6.07, 6.45) is 3.18. The Bertz CT molecular complexity index is 371. The predicted octanol–water partition coefficient (Wildman–Crippen LogP) is 2.17. The number of amides is 1. The van der Waals surface area contributed by atoms with Gasteiger partial charge in [-0.25, -0.2) is 9.59 Å². The van der Waals surface area contributed by atoms with Crippen LogP contribution in [0.25, 0.3) is 0 Å². The maximum Gasteiger partial charge on any atom is 0.408 e. The van der Waals surface area contributed by atoms with Gasteiger partial charge in [-0.2, -0.15) is 0 Å². The second kappa shape index (κ2) is 8.36. The van der Waals surface area contributed by atoms with Gasteiger partial charge >= 0.3 is 12.1 Å². The predicted molar refractivity (Wildman–Crippen MR) is 84.6 cm³/mol. The molecule has 1 amide bonds. The lowest BCUT2D eigenvalue weighted by atomic mass is 9.91. The molecule has 1 saturated heterocycles. The van der Waals surface area contributed by atoms with Gasteiger partial charge in [0, 0.05) is 0 Å². The topological polar surface area (TPSA) is 67.9 Å². The minimum Gasteiger partial charge on any atom is -0.467 e. The van der Waals surface area contributed by atoms with Gasteiger partial charge in [0.25, 0.3) is 0 Å². The lowest BCUT2D eigenvalue weighted by Gasteiger charge is -2.29. The van der Waals surface area contributed by atoms with Gasteiger partial charge in [0.2, 0.25) is 0 Å². The molecule has 1 aliphatic heterocycles. The molecule has 0 bridgehead atoms. The lowest BCUT2D eigenvalue weighted by molar-refractivity contribution is -0.143. The molecule has 0 aliphatic carbocycles. The third-order valence-corrected chi connectivity index (χ3v) is 3.88. The van der Waals surface area contributed by atoms with Gasteiger partial charge in [0.15, 0.2) is 0 Å². The van der Waals surface area contributed by atoms with Crippen molar-refractivity contribution in [2.75, 3.05) is 27.2 Å². The van der Waals surface area contributed by atoms with E-state index in [4.69, 9.17) is 9.47 Å². The molecule has 6 heteroatoms. The van der Waals surface area contributed by atoms with E-state index in [-0.39, 0.29) is 0 Å². The molecule has 0 radical (unpaired) electrons. The number of esters is 1. The van der Waals surface area contributed by atoms with Crippen LogP contribution in [0.2, 0.25) is 0 Å². The van der Waals surface area contributed by atoms with Gasteiger partial charge < -0.3 is 19.7 Å². The number of carbonyl (C=O) groups is 2. The van der Waals surface area contributed by atoms with Crippen molar-refractivity contribution in [3.8, 4) is 0 Å². The van der Waals surface area contributed by atoms with Gasteiger partial charge in [-0.15, -0.1) is 0 Å². The Kier molecular flexibility index (Phi) is 7.13. The number of ether oxygens (including phenoxy) is 2. The van der Waals surface area contributed by atoms with Crippen molar-refractivity contribution in [3.63, 3.8) is 0 Å². The number of nitrogens with one attached hydrogen (secondary N) is 1. The van der Waals surface area contributed by atoms with Gasteiger partial charge in [0.05, 0.1) is 7.11 Å². The molecule has 1 fully saturated rings. The van der Waals surface area contributed by atoms with E-state index in [1.54, 1.807) is 20.8 Å². The van der Waals surface area contributed by atoms with Crippen LogP contribution in [0.15, 0.2) is 0 Å². The fraction of sp³-hybridized carbons (Fsp3) is 0.875. The first kappa shape index (κ1) is 18.7. The normalized spacial score (nSPS) is 18.6. The SMILES string of the molecule is COC(=O)[C@H](CCC1CCN(C)CC1)NC(=O)OC(C)(C)C. The van der Waals surface area contributed by atoms with E-state index in [9.17, 15) is 9.59 Å². The van der Waals surface area contributed by atoms with Crippen LogP contribution < -0.4 is 5.32 Å². The highest BCUT2D eigenvalue weighted by Crippen LogP contribution is 2.22. The summed E-state index contributed by atoms with van der Waals surface area (Å²) < 4.78 is 9.99. The molecule has 0 saturated carbocycles. The molecule has 1 rings (SSSR count). The fourth-order valence-corrected chi connectivity index (χ4v) is 2.59. The largest absolute Gasteiger partial charge is 0.467 e. The van der Waals surface area contributed by atoms with E-state index < -0.39 is 23.7 Å². The van der Waals surface area contributed by atoms with Crippen molar-refractivity contribution in [3.05, 3.63) is 0 Å². The lowest BCUT2D eigenvalue weighted by Crippen LogP contribution is -2.44. The van der Waals surface area contributed by atoms with Crippen LogP contribution in [0.1, 0.15) is 46.5 Å². The molecule has 0 unspecified atom stereocenters. The summed E-state index contributed by atoms with van der Waals surface area (Å²) in [6, 6.07) is -0.639. The first-order valence-corrected chi connectivity index (χ1v) is 7.97. The molecule has 1 N–H and O–H groups in total. The van der Waals surface area contributed by atoms with E-state index in [0.29, 0.717) is 12.3 Å². The van der Waals surface area contributed by atoms with Gasteiger partial charge in [-0.3, -0.25) is 0 Å². The Hall–Kier alpha value is -1.30. The molecule has 6 nitrogen and oxygen atoms in total. The van der Waals surface area contributed by atoms with Crippen molar-refractivity contribution in [2.24, 2.45) is 5.92 Å². The summed E-state index contributed by atoms with van der Waals surface area (Å²) in [7, 11) is 3.46. The average molecular weight is 314 g/mol. The van der Waals surface area contributed by atoms with Crippen molar-refractivity contribution < 1.29 is 19.1 Å². The third kappa shape index (κ3) is 7.11. The Morgan fingerprint density at radius 1 is 1.27 bits per heavy atom. The number of piperidine rings is 1. The van der Waals surface area contributed by atoms with E-state index in [1.165, 1.54) is 7.11 Å². The second-order valence-electron chi connectivity index (χ2n) is 7.05. The molecular formula is C16H30N2O4. The van der Waals surface area contributed by atoms with E-state index in [2.05, 4.69) is 17.3 Å². The van der Waals surface area contributed by atoms with Crippen LogP contribution in [0.3, 0.4) is 0 Å². The standard InChI is InChI=1S/C16H30N2O4/c1-16(2,3)22-15(20)17-13(14(19)21-5)7-6-12-8-10-18(4)11-9-12/h12-13H,6-11H2,1-5H3,(H,17,20)/t13-/m0/s1. The monoisotopic (exact) mass is 314 g/mol. The maximum atomic E-state index is 11.8. The second-order valence-corrected chi connectivity index (χ2v) is 7.05. The number of hydrogen-bond acceptors (Lipinski definition) is 5. The molecule has 22 heavy (non-hydrogen) atoms. The highest BCUT2D eigenvalue weighted by atomic mass is 16.6. The summed E-state index contributed by atoms with van der Waals surface area (Å²) in [5.74, 6) is 0.183. The van der Waals surface area contributed by atoms with Crippen molar-refractivity contribution in [1.82, 2.24) is 10.2 Å². The summed E-state index contributed by atoms with van der Waals surface area (Å²) >= 11 is 0. The number of nitrogens with zero attached hydrogens (tertiary/aromatic N) is 1. The number of hydrogen-bond donors (Lipinski definition) is 1. The van der Waals surface area contributed by atoms with E-state index in [0.717, 1.165) is 32.4 Å². The molecule has 1 heterocycles. The van der Waals surface area contributed by atoms with Gasteiger partial charge in [-0.05, 0) is 72.5 Å². The van der Waals surface area contributed by atoms with Crippen LogP contribution in [-0.2, 0) is 14.3 Å². The zero-order valence-electron chi connectivity index (χ0n) is 14.5. The fourth-order valence-electron chi connectivity index (χ4n) is 2.59. The highest BCUT2D eigenvalue weighted by Gasteiger charge is 2.26. The summed E-state index contributed by atoms with van der Waals surface area (Å²) in [5.41, 5.74) is -0.585. The Morgan fingerprint density at radius 3 is 2.36 bits per heavy atom. The molecule has 0 spiro atoms. The van der Waals surface area contributed by atoms with Crippen LogP contribution in [0.4, 0.5) is 4.79 Å². The number of carbonyl (C=O) groups excluding carboxylic acids is 2. The average Bonchev–Trinajstić information content (AvgIpc) is 2.42. The molecule has 1 aliphatic rings. The molecule has 0 aromatic rings. The van der Waals surface area contributed by atoms with Crippen LogP contribution in [0, 0.1) is 5.92 Å². The number of rotatable bonds is 5. The third-order valence-electron chi connectivity index (χ3n) is 3.88. The van der Waals surface area contributed by atoms with Crippen LogP contribution >= 0.6 is 0 Å². The minimum absolute atomic E-state index is 0.418. The Morgan fingerprint density at radius 2 is 1.86 bits per heavy atom. The molecule has 128 valence electrons. The number of likely N-dealkylation sites (tertiary alicyclic amines) is 1. The molecule has 1 atom stereocenters. The molecular weight excluding hydrogens is 284 g/mol. The van der Waals surface area contributed by atoms with Crippen molar-refractivity contribution in [2.45, 2.75) is 58.1 Å². The Labute approximate surface area is 133 Å². The van der Waals surface area contributed by atoms with Crippen LogP contribution in [-0.4, -0.2) is 55.9 Å². The summed E-state index contributed by atoms with van der Waals surface area (Å²) in [5, 5.41) is 2.63. The highest BCUT2D eigenvalue weighted by molar-refractivity contribution is 5.81. The van der Waals surface area contributed by atoms with Gasteiger partial charge in [0.1, 0.15) is 11.6 Å². The number of alkyl carbamates (subject to hydrolysis) is 1. The summed E-state index contributed by atoms with van der Waals surface area (Å²) in [6.45, 7) is 7.55.